The van der Waals surface area contributed by atoms with Crippen molar-refractivity contribution in [2.45, 2.75) is 32.0 Å². The zero-order chi connectivity index (χ0) is 30.8. The fourth-order valence-electron chi connectivity index (χ4n) is 5.75. The number of piperidine rings is 1. The van der Waals surface area contributed by atoms with Crippen molar-refractivity contribution in [2.75, 3.05) is 44.6 Å². The Morgan fingerprint density at radius 2 is 1.70 bits per heavy atom. The van der Waals surface area contributed by atoms with Crippen molar-refractivity contribution in [3.05, 3.63) is 72.2 Å². The average Bonchev–Trinajstić information content (AvgIpc) is 3.46. The fourth-order valence-corrected chi connectivity index (χ4v) is 5.75. The van der Waals surface area contributed by atoms with Gasteiger partial charge in [-0.25, -0.2) is 14.4 Å². The number of hydrogen-bond donors (Lipinski definition) is 2. The van der Waals surface area contributed by atoms with Gasteiger partial charge in [0.05, 0.1) is 11.9 Å². The summed E-state index contributed by atoms with van der Waals surface area (Å²) >= 11 is 0. The van der Waals surface area contributed by atoms with Crippen molar-refractivity contribution in [1.82, 2.24) is 29.5 Å². The molecule has 2 N–H and O–H groups in total. The molecule has 0 aliphatic carbocycles. The van der Waals surface area contributed by atoms with Crippen molar-refractivity contribution < 1.29 is 27.5 Å². The van der Waals surface area contributed by atoms with Gasteiger partial charge in [-0.05, 0) is 68.0 Å². The number of imidazole rings is 1. The minimum Gasteiger partial charge on any atom is -0.435 e. The monoisotopic (exact) mass is 607 g/mol. The number of aromatic nitrogens is 3. The summed E-state index contributed by atoms with van der Waals surface area (Å²) in [5.74, 6) is -0.0435. The SMILES string of the molecule is Cc1cc(Nc2nccn3c(-c4ccc(OC(F)F)cc4)cnc23)ccc1C(=O)N1CCN(C(=O)C2(F)CCNCC2)CC1. The minimum atomic E-state index is -2.89. The second kappa shape index (κ2) is 12.2. The third-order valence-electron chi connectivity index (χ3n) is 8.16. The molecular weight excluding hydrogens is 575 g/mol. The molecule has 10 nitrogen and oxygen atoms in total. The summed E-state index contributed by atoms with van der Waals surface area (Å²) < 4.78 is 46.5. The molecule has 6 rings (SSSR count). The van der Waals surface area contributed by atoms with Crippen LogP contribution in [0.4, 0.5) is 24.7 Å². The van der Waals surface area contributed by atoms with E-state index >= 15 is 4.39 Å². The molecule has 0 radical (unpaired) electrons. The van der Waals surface area contributed by atoms with Crippen LogP contribution in [0.3, 0.4) is 0 Å². The van der Waals surface area contributed by atoms with Crippen molar-refractivity contribution in [1.29, 1.82) is 0 Å². The lowest BCUT2D eigenvalue weighted by molar-refractivity contribution is -0.147. The van der Waals surface area contributed by atoms with Gasteiger partial charge in [0.1, 0.15) is 5.75 Å². The average molecular weight is 608 g/mol. The molecule has 2 amide bonds. The number of benzene rings is 2. The standard InChI is InChI=1S/C31H32F3N7O3/c1-20-18-22(4-7-24(20)28(42)39-14-16-40(17-15-39)29(43)31(34)8-10-35-11-9-31)38-26-27-37-19-25(41(27)13-12-36-26)21-2-5-23(6-3-21)44-30(32)33/h2-7,12-13,18-19,30,35H,8-11,14-17H2,1H3,(H,36,38). The van der Waals surface area contributed by atoms with Crippen LogP contribution in [0.15, 0.2) is 61.1 Å². The number of rotatable bonds is 7. The second-order valence-electron chi connectivity index (χ2n) is 11.0. The highest BCUT2D eigenvalue weighted by Gasteiger charge is 2.43. The van der Waals surface area contributed by atoms with Gasteiger partial charge in [-0.2, -0.15) is 8.78 Å². The maximum absolute atomic E-state index is 15.2. The molecule has 2 aliphatic rings. The van der Waals surface area contributed by atoms with Gasteiger partial charge >= 0.3 is 6.61 Å². The summed E-state index contributed by atoms with van der Waals surface area (Å²) in [5, 5.41) is 6.36. The zero-order valence-corrected chi connectivity index (χ0v) is 24.1. The van der Waals surface area contributed by atoms with Gasteiger partial charge in [0, 0.05) is 68.2 Å². The van der Waals surface area contributed by atoms with E-state index in [1.807, 2.05) is 17.4 Å². The van der Waals surface area contributed by atoms with Gasteiger partial charge in [0.2, 0.25) is 0 Å². The summed E-state index contributed by atoms with van der Waals surface area (Å²) in [7, 11) is 0. The first-order valence-electron chi connectivity index (χ1n) is 14.5. The van der Waals surface area contributed by atoms with E-state index in [-0.39, 0.29) is 24.5 Å². The summed E-state index contributed by atoms with van der Waals surface area (Å²) in [5.41, 5.74) is 2.25. The number of amides is 2. The number of halogens is 3. The van der Waals surface area contributed by atoms with Crippen LogP contribution in [-0.2, 0) is 4.79 Å². The van der Waals surface area contributed by atoms with Crippen LogP contribution in [0.5, 0.6) is 5.75 Å². The molecular formula is C31H32F3N7O3. The van der Waals surface area contributed by atoms with Crippen LogP contribution in [0.2, 0.25) is 0 Å². The number of anilines is 2. The zero-order valence-electron chi connectivity index (χ0n) is 24.1. The molecule has 2 aliphatic heterocycles. The Labute approximate surface area is 251 Å². The number of aryl methyl sites for hydroxylation is 1. The van der Waals surface area contributed by atoms with E-state index in [0.29, 0.717) is 62.0 Å². The topological polar surface area (TPSA) is 104 Å². The van der Waals surface area contributed by atoms with Crippen LogP contribution >= 0.6 is 0 Å². The molecule has 0 bridgehead atoms. The molecule has 0 saturated carbocycles. The summed E-state index contributed by atoms with van der Waals surface area (Å²) in [4.78, 5) is 38.4. The molecule has 0 unspecified atom stereocenters. The first kappa shape index (κ1) is 29.4. The largest absolute Gasteiger partial charge is 0.435 e. The molecule has 4 heterocycles. The molecule has 2 saturated heterocycles. The van der Waals surface area contributed by atoms with Gasteiger partial charge in [0.15, 0.2) is 17.1 Å². The number of alkyl halides is 3. The molecule has 230 valence electrons. The first-order valence-corrected chi connectivity index (χ1v) is 14.5. The van der Waals surface area contributed by atoms with Gasteiger partial charge in [-0.15, -0.1) is 0 Å². The molecule has 2 aromatic carbocycles. The van der Waals surface area contributed by atoms with E-state index in [2.05, 4.69) is 25.3 Å². The lowest BCUT2D eigenvalue weighted by Gasteiger charge is -2.39. The first-order chi connectivity index (χ1) is 21.2. The van der Waals surface area contributed by atoms with Crippen LogP contribution in [0.1, 0.15) is 28.8 Å². The lowest BCUT2D eigenvalue weighted by atomic mass is 9.92. The molecule has 44 heavy (non-hydrogen) atoms. The maximum Gasteiger partial charge on any atom is 0.387 e. The highest BCUT2D eigenvalue weighted by atomic mass is 19.3. The Balaban J connectivity index is 1.12. The number of piperazine rings is 1. The van der Waals surface area contributed by atoms with E-state index in [0.717, 1.165) is 16.8 Å². The number of nitrogens with one attached hydrogen (secondary N) is 2. The van der Waals surface area contributed by atoms with Gasteiger partial charge < -0.3 is 25.2 Å². The Hall–Kier alpha value is -4.65. The predicted octanol–water partition coefficient (Wildman–Crippen LogP) is 4.43. The third kappa shape index (κ3) is 5.91. The van der Waals surface area contributed by atoms with E-state index in [1.54, 1.807) is 52.7 Å². The summed E-state index contributed by atoms with van der Waals surface area (Å²) in [6.07, 6.45) is 5.40. The van der Waals surface area contributed by atoms with Crippen LogP contribution in [-0.4, -0.2) is 87.5 Å². The Morgan fingerprint density at radius 3 is 2.39 bits per heavy atom. The van der Waals surface area contributed by atoms with Crippen molar-refractivity contribution in [2.24, 2.45) is 0 Å². The summed E-state index contributed by atoms with van der Waals surface area (Å²) in [6, 6.07) is 11.7. The Morgan fingerprint density at radius 1 is 1.00 bits per heavy atom. The van der Waals surface area contributed by atoms with E-state index in [1.165, 1.54) is 12.1 Å². The summed E-state index contributed by atoms with van der Waals surface area (Å²) in [6.45, 7) is 1.22. The number of carbonyl (C=O) groups is 2. The second-order valence-corrected chi connectivity index (χ2v) is 11.0. The quantitative estimate of drug-likeness (QED) is 0.321. The van der Waals surface area contributed by atoms with Gasteiger partial charge in [0.25, 0.3) is 11.8 Å². The normalized spacial score (nSPS) is 16.8. The van der Waals surface area contributed by atoms with Crippen LogP contribution in [0.25, 0.3) is 16.9 Å². The molecule has 13 heteroatoms. The van der Waals surface area contributed by atoms with Gasteiger partial charge in [-0.1, -0.05) is 0 Å². The molecule has 2 fully saturated rings. The van der Waals surface area contributed by atoms with Crippen molar-refractivity contribution in [3.8, 4) is 17.0 Å². The Bertz CT molecular complexity index is 1660. The highest BCUT2D eigenvalue weighted by molar-refractivity contribution is 5.96. The smallest absolute Gasteiger partial charge is 0.387 e. The van der Waals surface area contributed by atoms with E-state index in [9.17, 15) is 18.4 Å². The van der Waals surface area contributed by atoms with Crippen LogP contribution < -0.4 is 15.4 Å². The van der Waals surface area contributed by atoms with Crippen molar-refractivity contribution in [3.63, 3.8) is 0 Å². The van der Waals surface area contributed by atoms with E-state index in [4.69, 9.17) is 0 Å². The fraction of sp³-hybridized carbons (Fsp3) is 0.355. The number of nitrogens with zero attached hydrogens (tertiary/aromatic N) is 5. The molecule has 2 aromatic heterocycles. The molecule has 4 aromatic rings. The number of fused-ring (bicyclic) bond motifs is 1. The maximum atomic E-state index is 15.2. The van der Waals surface area contributed by atoms with Gasteiger partial charge in [-0.3, -0.25) is 14.0 Å². The molecule has 0 atom stereocenters. The molecule has 0 spiro atoms. The number of carbonyl (C=O) groups excluding carboxylic acids is 2. The van der Waals surface area contributed by atoms with Crippen molar-refractivity contribution >= 4 is 29.0 Å². The van der Waals surface area contributed by atoms with E-state index < -0.39 is 18.2 Å². The number of ether oxygens (including phenoxy) is 1. The third-order valence-corrected chi connectivity index (χ3v) is 8.16. The van der Waals surface area contributed by atoms with Crippen LogP contribution in [0, 0.1) is 6.92 Å². The predicted molar refractivity (Wildman–Crippen MR) is 158 cm³/mol. The lowest BCUT2D eigenvalue weighted by Crippen LogP contribution is -2.57. The minimum absolute atomic E-state index is 0.0681. The Kier molecular flexibility index (Phi) is 8.13. The number of hydrogen-bond acceptors (Lipinski definition) is 7. The highest BCUT2D eigenvalue weighted by Crippen LogP contribution is 2.29.